The maximum absolute atomic E-state index is 12.1. The average molecular weight is 562 g/mol. The third kappa shape index (κ3) is 5.99. The van der Waals surface area contributed by atoms with E-state index < -0.39 is 28.5 Å². The molecule has 0 aromatic heterocycles. The van der Waals surface area contributed by atoms with E-state index in [4.69, 9.17) is 9.60 Å². The van der Waals surface area contributed by atoms with Crippen LogP contribution >= 0.6 is 0 Å². The molecule has 5 aromatic carbocycles. The van der Waals surface area contributed by atoms with Gasteiger partial charge in [0, 0.05) is 19.9 Å². The van der Waals surface area contributed by atoms with Crippen molar-refractivity contribution >= 4 is 17.1 Å². The summed E-state index contributed by atoms with van der Waals surface area (Å²) in [7, 11) is 0. The molecule has 4 heteroatoms. The summed E-state index contributed by atoms with van der Waals surface area (Å²) < 4.78 is 58.0. The van der Waals surface area contributed by atoms with Crippen LogP contribution in [0.25, 0.3) is 33.4 Å². The Balaban J connectivity index is 1.86. The van der Waals surface area contributed by atoms with Gasteiger partial charge in [0.25, 0.3) is 5.69 Å². The molecule has 0 atom stereocenters. The van der Waals surface area contributed by atoms with Gasteiger partial charge in [-0.1, -0.05) is 132 Å². The molecule has 212 valence electrons. The molecule has 0 aliphatic carbocycles. The van der Waals surface area contributed by atoms with Crippen LogP contribution in [0.5, 0.6) is 0 Å². The number of nitrogens with zero attached hydrogens (tertiary/aromatic N) is 1. The molecule has 0 spiro atoms. The SMILES string of the molecule is [2H]CC(C)(C[2H])c1cc(-c2ccc(-c3c([2H])c([2H])c([2H])c([2H])c3[2H])cc2)c(Nc2ccccc2[N+](=O)[O-])c(-c2ccccc2C(C)(C)C)c1. The van der Waals surface area contributed by atoms with Gasteiger partial charge in [0.15, 0.2) is 0 Å². The molecule has 0 aliphatic rings. The summed E-state index contributed by atoms with van der Waals surface area (Å²) in [5.74, 6) is 0. The highest BCUT2D eigenvalue weighted by Crippen LogP contribution is 2.46. The molecule has 0 aliphatic heterocycles. The fraction of sp³-hybridized carbons (Fsp3) is 0.211. The maximum Gasteiger partial charge on any atom is 0.292 e. The third-order valence-corrected chi connectivity index (χ3v) is 7.21. The molecule has 1 N–H and O–H groups in total. The zero-order chi connectivity index (χ0) is 35.8. The average Bonchev–Trinajstić information content (AvgIpc) is 3.09. The molecule has 0 saturated carbocycles. The van der Waals surface area contributed by atoms with Crippen LogP contribution in [0, 0.1) is 10.1 Å². The fourth-order valence-electron chi connectivity index (χ4n) is 5.02. The number of anilines is 2. The molecule has 0 saturated heterocycles. The summed E-state index contributed by atoms with van der Waals surface area (Å²) in [6.45, 7) is 8.13. The topological polar surface area (TPSA) is 55.2 Å². The van der Waals surface area contributed by atoms with E-state index in [2.05, 4.69) is 32.2 Å². The summed E-state index contributed by atoms with van der Waals surface area (Å²) in [5, 5.41) is 15.5. The Morgan fingerprint density at radius 3 is 2.00 bits per heavy atom. The molecule has 0 fully saturated rings. The van der Waals surface area contributed by atoms with Crippen LogP contribution < -0.4 is 5.32 Å². The number of nitrogens with one attached hydrogen (secondary N) is 1. The van der Waals surface area contributed by atoms with Gasteiger partial charge in [0.2, 0.25) is 0 Å². The van der Waals surface area contributed by atoms with Crippen molar-refractivity contribution in [2.45, 2.75) is 52.3 Å². The molecule has 42 heavy (non-hydrogen) atoms. The normalized spacial score (nSPS) is 14.0. The maximum atomic E-state index is 12.1. The number of hydrogen-bond donors (Lipinski definition) is 1. The number of nitro benzene ring substituents is 1. The highest BCUT2D eigenvalue weighted by atomic mass is 16.6. The Labute approximate surface area is 259 Å². The van der Waals surface area contributed by atoms with Crippen molar-refractivity contribution in [1.82, 2.24) is 0 Å². The van der Waals surface area contributed by atoms with Crippen LogP contribution in [0.3, 0.4) is 0 Å². The molecule has 0 radical (unpaired) electrons. The van der Waals surface area contributed by atoms with E-state index in [1.807, 2.05) is 37.3 Å². The largest absolute Gasteiger partial charge is 0.349 e. The number of nitro groups is 1. The Morgan fingerprint density at radius 2 is 1.33 bits per heavy atom. The quantitative estimate of drug-likeness (QED) is 0.166. The van der Waals surface area contributed by atoms with Crippen LogP contribution in [0.1, 0.15) is 62.2 Å². The molecule has 5 rings (SSSR count). The second-order valence-corrected chi connectivity index (χ2v) is 11.8. The molecular formula is C38H38N2O2. The minimum atomic E-state index is -0.829. The zero-order valence-electron chi connectivity index (χ0n) is 31.3. The number of hydrogen-bond acceptors (Lipinski definition) is 3. The van der Waals surface area contributed by atoms with Gasteiger partial charge in [-0.25, -0.2) is 0 Å². The summed E-state index contributed by atoms with van der Waals surface area (Å²) in [5.41, 5.74) is 4.97. The van der Waals surface area contributed by atoms with Crippen LogP contribution in [0.4, 0.5) is 17.1 Å². The lowest BCUT2D eigenvalue weighted by Gasteiger charge is -2.28. The predicted octanol–water partition coefficient (Wildman–Crippen LogP) is 10.9. The van der Waals surface area contributed by atoms with Crippen molar-refractivity contribution in [3.05, 3.63) is 136 Å². The van der Waals surface area contributed by atoms with E-state index in [-0.39, 0.29) is 48.2 Å². The van der Waals surface area contributed by atoms with Gasteiger partial charge >= 0.3 is 0 Å². The molecule has 5 aromatic rings. The molecular weight excluding hydrogens is 516 g/mol. The van der Waals surface area contributed by atoms with Crippen LogP contribution in [0.15, 0.2) is 115 Å². The minimum absolute atomic E-state index is 0.0400. The first-order chi connectivity index (χ1) is 23.1. The fourth-order valence-corrected chi connectivity index (χ4v) is 5.02. The third-order valence-electron chi connectivity index (χ3n) is 7.21. The smallest absolute Gasteiger partial charge is 0.292 e. The lowest BCUT2D eigenvalue weighted by Crippen LogP contribution is -2.15. The van der Waals surface area contributed by atoms with E-state index in [1.165, 1.54) is 6.07 Å². The number of rotatable bonds is 6. The van der Waals surface area contributed by atoms with Crippen LogP contribution in [-0.2, 0) is 10.8 Å². The lowest BCUT2D eigenvalue weighted by molar-refractivity contribution is -0.383. The van der Waals surface area contributed by atoms with Crippen molar-refractivity contribution in [2.24, 2.45) is 0 Å². The van der Waals surface area contributed by atoms with Gasteiger partial charge in [0.05, 0.1) is 17.5 Å². The highest BCUT2D eigenvalue weighted by molar-refractivity contribution is 5.95. The second-order valence-electron chi connectivity index (χ2n) is 11.8. The highest BCUT2D eigenvalue weighted by Gasteiger charge is 2.26. The minimum Gasteiger partial charge on any atom is -0.349 e. The summed E-state index contributed by atoms with van der Waals surface area (Å²) in [6, 6.07) is 23.3. The molecule has 0 heterocycles. The Hall–Kier alpha value is -4.70. The van der Waals surface area contributed by atoms with Crippen molar-refractivity contribution in [3.63, 3.8) is 0 Å². The summed E-state index contributed by atoms with van der Waals surface area (Å²) in [6.07, 6.45) is 0. The van der Waals surface area contributed by atoms with Crippen molar-refractivity contribution in [1.29, 1.82) is 0 Å². The molecule has 0 bridgehead atoms. The monoisotopic (exact) mass is 561 g/mol. The number of benzene rings is 5. The van der Waals surface area contributed by atoms with Gasteiger partial charge in [-0.05, 0) is 62.4 Å². The van der Waals surface area contributed by atoms with Gasteiger partial charge in [-0.2, -0.15) is 0 Å². The lowest BCUT2D eigenvalue weighted by atomic mass is 9.78. The number of para-hydroxylation sites is 2. The van der Waals surface area contributed by atoms with E-state index in [0.29, 0.717) is 22.4 Å². The van der Waals surface area contributed by atoms with Gasteiger partial charge in [0.1, 0.15) is 5.69 Å². The Bertz CT molecular complexity index is 2020. The summed E-state index contributed by atoms with van der Waals surface area (Å²) >= 11 is 0. The first-order valence-electron chi connectivity index (χ1n) is 17.6. The zero-order valence-corrected chi connectivity index (χ0v) is 24.3. The molecule has 0 unspecified atom stereocenters. The molecule has 4 nitrogen and oxygen atoms in total. The van der Waals surface area contributed by atoms with Gasteiger partial charge < -0.3 is 5.32 Å². The van der Waals surface area contributed by atoms with Crippen molar-refractivity contribution < 1.29 is 14.5 Å². The van der Waals surface area contributed by atoms with Crippen molar-refractivity contribution in [2.75, 3.05) is 5.32 Å². The van der Waals surface area contributed by atoms with Crippen molar-refractivity contribution in [3.8, 4) is 33.4 Å². The van der Waals surface area contributed by atoms with Gasteiger partial charge in [-0.15, -0.1) is 0 Å². The predicted molar refractivity (Wildman–Crippen MR) is 177 cm³/mol. The first-order valence-corrected chi connectivity index (χ1v) is 13.7. The van der Waals surface area contributed by atoms with Crippen LogP contribution in [-0.4, -0.2) is 4.92 Å². The van der Waals surface area contributed by atoms with Crippen LogP contribution in [0.2, 0.25) is 0 Å². The molecule has 0 amide bonds. The van der Waals surface area contributed by atoms with E-state index in [1.54, 1.807) is 42.5 Å². The summed E-state index contributed by atoms with van der Waals surface area (Å²) in [4.78, 5) is 11.7. The Kier molecular flexibility index (Phi) is 5.66. The Morgan fingerprint density at radius 1 is 0.714 bits per heavy atom. The van der Waals surface area contributed by atoms with E-state index in [9.17, 15) is 10.1 Å². The standard InChI is InChI=1S/C38H38N2O2/c1-37(2,3)29-24-31(28-22-20-27(21-23-28)26-14-8-7-9-15-26)36(39-34-18-12-13-19-35(34)40(41)42)32(25-29)30-16-10-11-17-33(30)38(4,5)6/h7-25,39H,1-6H3/i1D,2D,7D,8D,9D,14D,15D. The second kappa shape index (κ2) is 11.3. The van der Waals surface area contributed by atoms with Gasteiger partial charge in [-0.3, -0.25) is 10.1 Å². The first kappa shape index (κ1) is 21.1. The van der Waals surface area contributed by atoms with E-state index >= 15 is 0 Å². The van der Waals surface area contributed by atoms with E-state index in [0.717, 1.165) is 22.3 Å².